The molecule has 1 saturated carbocycles. The maximum Gasteiger partial charge on any atom is 0.230 e. The number of hydrogen-bond acceptors (Lipinski definition) is 2. The largest absolute Gasteiger partial charge is 0.388 e. The highest BCUT2D eigenvalue weighted by atomic mass is 35.5. The second-order valence-electron chi connectivity index (χ2n) is 6.06. The number of rotatable bonds is 6. The predicted molar refractivity (Wildman–Crippen MR) is 85.5 cm³/mol. The molecular weight excluding hydrogens is 286 g/mol. The molecule has 1 fully saturated rings. The van der Waals surface area contributed by atoms with E-state index in [9.17, 15) is 9.90 Å². The molecule has 0 atom stereocenters. The van der Waals surface area contributed by atoms with Crippen LogP contribution in [0.15, 0.2) is 24.3 Å². The lowest BCUT2D eigenvalue weighted by atomic mass is 9.63. The molecule has 21 heavy (non-hydrogen) atoms. The Balaban J connectivity index is 2.12. The first-order valence-corrected chi connectivity index (χ1v) is 8.10. The fourth-order valence-electron chi connectivity index (χ4n) is 2.88. The number of carbonyl (C=O) groups excluding carboxylic acids is 1. The highest BCUT2D eigenvalue weighted by molar-refractivity contribution is 6.30. The summed E-state index contributed by atoms with van der Waals surface area (Å²) in [4.78, 5) is 12.7. The van der Waals surface area contributed by atoms with Crippen LogP contribution in [0, 0.1) is 0 Å². The summed E-state index contributed by atoms with van der Waals surface area (Å²) in [5.74, 6) is 0.0105. The zero-order valence-electron chi connectivity index (χ0n) is 12.8. The molecule has 1 amide bonds. The number of hydrogen-bond donors (Lipinski definition) is 2. The van der Waals surface area contributed by atoms with Gasteiger partial charge in [-0.25, -0.2) is 0 Å². The fraction of sp³-hybridized carbons (Fsp3) is 0.588. The van der Waals surface area contributed by atoms with Gasteiger partial charge in [0, 0.05) is 11.6 Å². The van der Waals surface area contributed by atoms with Crippen LogP contribution in [0.25, 0.3) is 0 Å². The molecule has 0 aliphatic heterocycles. The maximum atomic E-state index is 12.7. The van der Waals surface area contributed by atoms with Gasteiger partial charge in [0.25, 0.3) is 0 Å². The number of halogens is 1. The van der Waals surface area contributed by atoms with Gasteiger partial charge >= 0.3 is 0 Å². The van der Waals surface area contributed by atoms with E-state index in [1.54, 1.807) is 0 Å². The Morgan fingerprint density at radius 2 is 2.05 bits per heavy atom. The van der Waals surface area contributed by atoms with Gasteiger partial charge < -0.3 is 10.4 Å². The molecule has 0 radical (unpaired) electrons. The van der Waals surface area contributed by atoms with Crippen LogP contribution in [-0.2, 0) is 10.2 Å². The average molecular weight is 310 g/mol. The number of carbonyl (C=O) groups is 1. The van der Waals surface area contributed by atoms with Crippen molar-refractivity contribution < 1.29 is 9.90 Å². The molecule has 3 nitrogen and oxygen atoms in total. The van der Waals surface area contributed by atoms with Gasteiger partial charge in [0.2, 0.25) is 5.91 Å². The summed E-state index contributed by atoms with van der Waals surface area (Å²) in [6, 6.07) is 7.56. The average Bonchev–Trinajstić information content (AvgIpc) is 2.44. The van der Waals surface area contributed by atoms with E-state index in [1.807, 2.05) is 38.1 Å². The van der Waals surface area contributed by atoms with Crippen molar-refractivity contribution in [2.24, 2.45) is 0 Å². The predicted octanol–water partition coefficient (Wildman–Crippen LogP) is 3.43. The zero-order chi connectivity index (χ0) is 15.5. The minimum absolute atomic E-state index is 0.0105. The molecule has 0 heterocycles. The summed E-state index contributed by atoms with van der Waals surface area (Å²) >= 11 is 6.06. The minimum atomic E-state index is -0.811. The number of nitrogens with one attached hydrogen (secondary N) is 1. The molecule has 0 aromatic heterocycles. The normalized spacial score (nSPS) is 17.1. The van der Waals surface area contributed by atoms with Crippen LogP contribution in [0.5, 0.6) is 0 Å². The molecular formula is C17H24ClNO2. The molecule has 116 valence electrons. The van der Waals surface area contributed by atoms with Crippen molar-refractivity contribution in [2.75, 3.05) is 6.54 Å². The second kappa shape index (κ2) is 6.37. The number of aliphatic hydroxyl groups is 1. The smallest absolute Gasteiger partial charge is 0.230 e. The van der Waals surface area contributed by atoms with E-state index in [2.05, 4.69) is 5.32 Å². The van der Waals surface area contributed by atoms with Gasteiger partial charge in [-0.1, -0.05) is 44.0 Å². The third-order valence-electron chi connectivity index (χ3n) is 4.91. The Hall–Kier alpha value is -1.06. The first-order valence-electron chi connectivity index (χ1n) is 7.72. The molecule has 1 aromatic rings. The van der Waals surface area contributed by atoms with Gasteiger partial charge in [-0.15, -0.1) is 0 Å². The van der Waals surface area contributed by atoms with Gasteiger partial charge in [0.05, 0.1) is 11.0 Å². The van der Waals surface area contributed by atoms with Crippen LogP contribution < -0.4 is 5.32 Å². The molecule has 0 saturated heterocycles. The molecule has 4 heteroatoms. The van der Waals surface area contributed by atoms with Crippen LogP contribution in [0.2, 0.25) is 5.02 Å². The van der Waals surface area contributed by atoms with Crippen molar-refractivity contribution in [3.05, 3.63) is 34.9 Å². The van der Waals surface area contributed by atoms with Crippen molar-refractivity contribution >= 4 is 17.5 Å². The van der Waals surface area contributed by atoms with E-state index in [0.29, 0.717) is 24.4 Å². The molecule has 2 rings (SSSR count). The Labute approximate surface area is 131 Å². The molecule has 2 N–H and O–H groups in total. The summed E-state index contributed by atoms with van der Waals surface area (Å²) in [6.45, 7) is 4.18. The Bertz CT molecular complexity index is 507. The van der Waals surface area contributed by atoms with Crippen LogP contribution >= 0.6 is 11.6 Å². The van der Waals surface area contributed by atoms with Crippen molar-refractivity contribution in [1.82, 2.24) is 5.32 Å². The first-order chi connectivity index (χ1) is 9.96. The van der Waals surface area contributed by atoms with Crippen molar-refractivity contribution in [3.8, 4) is 0 Å². The number of amides is 1. The number of benzene rings is 1. The van der Waals surface area contributed by atoms with Crippen LogP contribution in [-0.4, -0.2) is 23.2 Å². The lowest BCUT2D eigenvalue weighted by molar-refractivity contribution is -0.131. The van der Waals surface area contributed by atoms with Gasteiger partial charge in [-0.3, -0.25) is 4.79 Å². The zero-order valence-corrected chi connectivity index (χ0v) is 13.5. The highest BCUT2D eigenvalue weighted by Crippen LogP contribution is 2.44. The summed E-state index contributed by atoms with van der Waals surface area (Å²) in [6.07, 6.45) is 4.00. The van der Waals surface area contributed by atoms with Gasteiger partial charge in [-0.2, -0.15) is 0 Å². The van der Waals surface area contributed by atoms with Crippen molar-refractivity contribution in [1.29, 1.82) is 0 Å². The molecule has 0 bridgehead atoms. The molecule has 0 spiro atoms. The molecule has 1 aliphatic carbocycles. The van der Waals surface area contributed by atoms with Gasteiger partial charge in [-0.05, 0) is 43.4 Å². The molecule has 1 aromatic carbocycles. The minimum Gasteiger partial charge on any atom is -0.388 e. The molecule has 0 unspecified atom stereocenters. The Kier molecular flexibility index (Phi) is 4.95. The monoisotopic (exact) mass is 309 g/mol. The standard InChI is InChI=1S/C17H24ClNO2/c1-3-16(21,4-2)12-19-15(20)17(9-6-10-17)13-7-5-8-14(18)11-13/h5,7-8,11,21H,3-4,6,9-10,12H2,1-2H3,(H,19,20). The third kappa shape index (κ3) is 3.24. The van der Waals surface area contributed by atoms with E-state index in [0.717, 1.165) is 24.8 Å². The van der Waals surface area contributed by atoms with Crippen LogP contribution in [0.1, 0.15) is 51.5 Å². The van der Waals surface area contributed by atoms with E-state index in [-0.39, 0.29) is 5.91 Å². The van der Waals surface area contributed by atoms with Crippen molar-refractivity contribution in [3.63, 3.8) is 0 Å². The van der Waals surface area contributed by atoms with E-state index < -0.39 is 11.0 Å². The maximum absolute atomic E-state index is 12.7. The van der Waals surface area contributed by atoms with Gasteiger partial charge in [0.1, 0.15) is 0 Å². The lowest BCUT2D eigenvalue weighted by Gasteiger charge is -2.41. The van der Waals surface area contributed by atoms with Gasteiger partial charge in [0.15, 0.2) is 0 Å². The highest BCUT2D eigenvalue weighted by Gasteiger charge is 2.46. The fourth-order valence-corrected chi connectivity index (χ4v) is 3.07. The Morgan fingerprint density at radius 3 is 2.52 bits per heavy atom. The third-order valence-corrected chi connectivity index (χ3v) is 5.15. The van der Waals surface area contributed by atoms with Crippen LogP contribution in [0.3, 0.4) is 0 Å². The quantitative estimate of drug-likeness (QED) is 0.846. The lowest BCUT2D eigenvalue weighted by Crippen LogP contribution is -2.52. The topological polar surface area (TPSA) is 49.3 Å². The summed E-state index contributed by atoms with van der Waals surface area (Å²) in [5.41, 5.74) is -0.294. The van der Waals surface area contributed by atoms with E-state index in [4.69, 9.17) is 11.6 Å². The molecule has 1 aliphatic rings. The first kappa shape index (κ1) is 16.3. The summed E-state index contributed by atoms with van der Waals surface area (Å²) in [5, 5.41) is 13.9. The SMILES string of the molecule is CCC(O)(CC)CNC(=O)C1(c2cccc(Cl)c2)CCC1. The summed E-state index contributed by atoms with van der Waals surface area (Å²) < 4.78 is 0. The van der Waals surface area contributed by atoms with E-state index >= 15 is 0 Å². The van der Waals surface area contributed by atoms with Crippen LogP contribution in [0.4, 0.5) is 0 Å². The Morgan fingerprint density at radius 1 is 1.38 bits per heavy atom. The second-order valence-corrected chi connectivity index (χ2v) is 6.50. The summed E-state index contributed by atoms with van der Waals surface area (Å²) in [7, 11) is 0. The van der Waals surface area contributed by atoms with Crippen molar-refractivity contribution in [2.45, 2.75) is 57.0 Å². The van der Waals surface area contributed by atoms with E-state index in [1.165, 1.54) is 0 Å².